The zero-order valence-corrected chi connectivity index (χ0v) is 51.8. The summed E-state index contributed by atoms with van der Waals surface area (Å²) in [6.07, 6.45) is 1.48. The lowest BCUT2D eigenvalue weighted by Crippen LogP contribution is -2.50. The number of ether oxygens (including phenoxy) is 1. The van der Waals surface area contributed by atoms with Gasteiger partial charge in [-0.25, -0.2) is 24.9 Å². The van der Waals surface area contributed by atoms with Crippen LogP contribution in [0.3, 0.4) is 0 Å². The number of aliphatic hydroxyl groups excluding tert-OH is 1. The standard InChI is InChI=1S/C54H70N10O12P2SSi2/c1-53(2,3)80(7,8)75-43-38(63-28-36-23-17-25-62(47-40(36)48(63)58-32-57-47)51(67)35-21-15-12-16-22-35)27-37(42(43)73-77(68)69)30-71-78(79,70-26-18-24-55)74-45-44(76-81(9,10)54(4,5)6)39(29-65)72-52(45)64-33-60-41-46(56-31-59-49(41)64)61-50(66)34-19-13-11-14-20-34/h11-16,19-22,28,31-33,37-39,42-45,52,65H,17-18,23,25-27,29-30H2,1-10H3,(H-,56,59,61,66,68,69)/p+1/t37-,38-,39-,42-,43+,44-,45-,52-,78?/m1/s1. The minimum atomic E-state index is -4.07. The number of nitrogens with zero attached hydrogens (tertiary/aromatic N) is 9. The van der Waals surface area contributed by atoms with Crippen molar-refractivity contribution in [1.29, 1.82) is 5.26 Å². The number of hydrogen-bond donors (Lipinski definition) is 3. The molecule has 4 aromatic heterocycles. The number of carbonyl (C=O) groups is 2. The largest absolute Gasteiger partial charge is 0.695 e. The summed E-state index contributed by atoms with van der Waals surface area (Å²) in [5, 5.41) is 23.8. The molecule has 1 aliphatic carbocycles. The van der Waals surface area contributed by atoms with Crippen molar-refractivity contribution in [2.45, 2.75) is 146 Å². The molecular formula is C54H71N10O12P2SSi2+. The molecule has 0 radical (unpaired) electrons. The summed E-state index contributed by atoms with van der Waals surface area (Å²) in [5.41, 5.74) is 2.91. The molecular weight excluding hydrogens is 1130 g/mol. The minimum Gasteiger partial charge on any atom is -0.409 e. The van der Waals surface area contributed by atoms with Crippen LogP contribution >= 0.6 is 15.0 Å². The number of nitrogens with one attached hydrogen (secondary N) is 1. The first-order chi connectivity index (χ1) is 38.3. The number of amides is 2. The summed E-state index contributed by atoms with van der Waals surface area (Å²) >= 11 is 6.37. The number of aromatic nitrogens is 7. The lowest BCUT2D eigenvalue weighted by molar-refractivity contribution is -0.0504. The lowest BCUT2D eigenvalue weighted by atomic mass is 10.1. The van der Waals surface area contributed by atoms with E-state index >= 15 is 0 Å². The third kappa shape index (κ3) is 12.7. The molecule has 2 aliphatic heterocycles. The number of carbonyl (C=O) groups excluding carboxylic acids is 2. The highest BCUT2D eigenvalue weighted by Gasteiger charge is 2.56. The van der Waals surface area contributed by atoms with Crippen molar-refractivity contribution < 1.29 is 55.8 Å². The molecule has 1 saturated carbocycles. The molecule has 3 N–H and O–H groups in total. The Hall–Kier alpha value is -5.14. The van der Waals surface area contributed by atoms with Crippen molar-refractivity contribution in [2.75, 3.05) is 36.6 Å². The van der Waals surface area contributed by atoms with Gasteiger partial charge in [-0.2, -0.15) is 5.26 Å². The summed E-state index contributed by atoms with van der Waals surface area (Å²) in [6, 6.07) is 19.3. The van der Waals surface area contributed by atoms with Gasteiger partial charge in [-0.05, 0) is 97.2 Å². The van der Waals surface area contributed by atoms with E-state index < -0.39 is 92.8 Å². The Labute approximate surface area is 479 Å². The molecule has 0 spiro atoms. The van der Waals surface area contributed by atoms with Gasteiger partial charge in [0.05, 0.1) is 56.2 Å². The highest BCUT2D eigenvalue weighted by molar-refractivity contribution is 8.07. The molecule has 1 saturated heterocycles. The first-order valence-corrected chi connectivity index (χ1v) is 36.5. The molecule has 6 heterocycles. The summed E-state index contributed by atoms with van der Waals surface area (Å²) in [6.45, 7) is 16.3. The maximum atomic E-state index is 14.1. The molecule has 6 aromatic rings. The van der Waals surface area contributed by atoms with Gasteiger partial charge in [-0.15, -0.1) is 9.42 Å². The van der Waals surface area contributed by atoms with Gasteiger partial charge in [-0.1, -0.05) is 77.9 Å². The predicted octanol–water partition coefficient (Wildman–Crippen LogP) is 9.94. The van der Waals surface area contributed by atoms with Gasteiger partial charge in [0.15, 0.2) is 39.8 Å². The number of aryl methyl sites for hydroxylation is 1. The van der Waals surface area contributed by atoms with Crippen molar-refractivity contribution >= 4 is 89.1 Å². The minimum absolute atomic E-state index is 0.0780. The topological polar surface area (TPSA) is 270 Å². The highest BCUT2D eigenvalue weighted by atomic mass is 32.5. The van der Waals surface area contributed by atoms with Gasteiger partial charge in [0.25, 0.3) is 11.8 Å². The second-order valence-electron chi connectivity index (χ2n) is 23.6. The average Bonchev–Trinajstić information content (AvgIpc) is 3.07. The first kappa shape index (κ1) is 60.5. The van der Waals surface area contributed by atoms with Crippen molar-refractivity contribution in [3.8, 4) is 6.07 Å². The van der Waals surface area contributed by atoms with Crippen LogP contribution in [0.5, 0.6) is 0 Å². The van der Waals surface area contributed by atoms with Gasteiger partial charge in [0, 0.05) is 34.4 Å². The summed E-state index contributed by atoms with van der Waals surface area (Å²) in [7, 11) is -8.65. The Balaban J connectivity index is 1.10. The number of nitriles is 1. The van der Waals surface area contributed by atoms with E-state index in [1.807, 2.05) is 29.0 Å². The predicted molar refractivity (Wildman–Crippen MR) is 312 cm³/mol. The molecule has 2 aromatic carbocycles. The zero-order chi connectivity index (χ0) is 58.2. The van der Waals surface area contributed by atoms with Crippen molar-refractivity contribution in [1.82, 2.24) is 34.1 Å². The average molecular weight is 1200 g/mol. The maximum Gasteiger partial charge on any atom is 0.695 e. The first-order valence-electron chi connectivity index (χ1n) is 27.0. The molecule has 2 fully saturated rings. The van der Waals surface area contributed by atoms with E-state index in [2.05, 4.69) is 94.1 Å². The van der Waals surface area contributed by atoms with Crippen LogP contribution in [0, 0.1) is 17.2 Å². The molecule has 432 valence electrons. The number of imidazole rings is 1. The fraction of sp³-hybridized carbons (Fsp3) is 0.519. The number of hydrogen-bond acceptors (Lipinski definition) is 18. The fourth-order valence-corrected chi connectivity index (χ4v) is 15.3. The van der Waals surface area contributed by atoms with Crippen LogP contribution in [0.4, 0.5) is 11.6 Å². The second kappa shape index (κ2) is 24.2. The molecule has 81 heavy (non-hydrogen) atoms. The Morgan fingerprint density at radius 1 is 0.864 bits per heavy atom. The molecule has 0 bridgehead atoms. The molecule has 10 atom stereocenters. The number of benzene rings is 2. The fourth-order valence-electron chi connectivity index (χ4n) is 10.1. The van der Waals surface area contributed by atoms with Gasteiger partial charge >= 0.3 is 15.0 Å². The summed E-state index contributed by atoms with van der Waals surface area (Å²) in [5.74, 6) is -0.682. The van der Waals surface area contributed by atoms with Crippen LogP contribution in [-0.2, 0) is 54.5 Å². The van der Waals surface area contributed by atoms with Crippen molar-refractivity contribution in [3.63, 3.8) is 0 Å². The third-order valence-electron chi connectivity index (χ3n) is 16.3. The molecule has 2 unspecified atom stereocenters. The van der Waals surface area contributed by atoms with E-state index in [-0.39, 0.29) is 59.0 Å². The summed E-state index contributed by atoms with van der Waals surface area (Å²) in [4.78, 5) is 63.0. The highest BCUT2D eigenvalue weighted by Crippen LogP contribution is 2.57. The Morgan fingerprint density at radius 2 is 1.51 bits per heavy atom. The van der Waals surface area contributed by atoms with Crippen molar-refractivity contribution in [3.05, 3.63) is 103 Å². The SMILES string of the molecule is CC(C)(C)[Si](C)(C)O[C@@H]1[C@H](O[P+](=O)O)[C@@H](COP(=S)(OCCC#N)O[C@@H]2[C@H](O[Si](C)(C)C(C)(C)C)[C@@H](CO)O[C@H]2n2cnc3c(NC(=O)c4ccccc4)ncnc32)C[C@H]1n1cc2c3c(ncnc31)N(C(=O)c1ccccc1)CCC2. The number of aliphatic hydroxyl groups is 1. The van der Waals surface area contributed by atoms with E-state index in [0.29, 0.717) is 42.0 Å². The van der Waals surface area contributed by atoms with Crippen molar-refractivity contribution in [2.24, 2.45) is 5.92 Å². The lowest BCUT2D eigenvalue weighted by Gasteiger charge is -2.41. The van der Waals surface area contributed by atoms with Crippen LogP contribution in [0.15, 0.2) is 85.8 Å². The molecule has 27 heteroatoms. The van der Waals surface area contributed by atoms with Gasteiger partial charge < -0.3 is 37.6 Å². The van der Waals surface area contributed by atoms with Gasteiger partial charge in [0.1, 0.15) is 48.5 Å². The van der Waals surface area contributed by atoms with Crippen LogP contribution in [-0.4, -0.2) is 129 Å². The number of anilines is 2. The Kier molecular flexibility index (Phi) is 18.1. The number of fused-ring (bicyclic) bond motifs is 1. The molecule has 2 amide bonds. The van der Waals surface area contributed by atoms with Crippen LogP contribution in [0.2, 0.25) is 36.3 Å². The van der Waals surface area contributed by atoms with E-state index in [0.717, 1.165) is 10.9 Å². The molecule has 9 rings (SSSR count). The van der Waals surface area contributed by atoms with Gasteiger partial charge in [-0.3, -0.25) is 23.6 Å². The second-order valence-corrected chi connectivity index (χ2v) is 36.8. The normalized spacial score (nSPS) is 23.5. The van der Waals surface area contributed by atoms with E-state index in [9.17, 15) is 29.4 Å². The Bertz CT molecular complexity index is 3360. The third-order valence-corrected chi connectivity index (χ3v) is 28.0. The summed E-state index contributed by atoms with van der Waals surface area (Å²) < 4.78 is 64.1. The number of rotatable bonds is 20. The smallest absolute Gasteiger partial charge is 0.409 e. The van der Waals surface area contributed by atoms with Gasteiger partial charge in [0.2, 0.25) is 0 Å². The van der Waals surface area contributed by atoms with E-state index in [1.165, 1.54) is 19.0 Å². The van der Waals surface area contributed by atoms with Crippen LogP contribution in [0.25, 0.3) is 22.2 Å². The van der Waals surface area contributed by atoms with Crippen LogP contribution < -0.4 is 10.2 Å². The quantitative estimate of drug-likeness (QED) is 0.0364. The molecule has 3 aliphatic rings. The van der Waals surface area contributed by atoms with Crippen LogP contribution in [0.1, 0.15) is 99.4 Å². The van der Waals surface area contributed by atoms with E-state index in [1.54, 1.807) is 51.9 Å². The Morgan fingerprint density at radius 3 is 2.15 bits per heavy atom. The van der Waals surface area contributed by atoms with E-state index in [4.69, 9.17) is 53.5 Å². The maximum absolute atomic E-state index is 14.1. The monoisotopic (exact) mass is 1200 g/mol. The molecule has 22 nitrogen and oxygen atoms in total. The zero-order valence-electron chi connectivity index (χ0n) is 47.2.